The second-order valence-corrected chi connectivity index (χ2v) is 7.84. The Labute approximate surface area is 199 Å². The maximum absolute atomic E-state index is 13.4. The van der Waals surface area contributed by atoms with E-state index in [9.17, 15) is 4.79 Å². The monoisotopic (exact) mass is 473 g/mol. The van der Waals surface area contributed by atoms with Crippen molar-refractivity contribution in [2.45, 2.75) is 6.92 Å². The molecule has 0 unspecified atom stereocenters. The standard InChI is InChI=1S/C26H20ClN3O4/c1-3-33-24-19(27)12-16(13-22(24)32-2)15-28-30-25(23-14-17-8-4-7-11-21(17)34-23)29-20-10-6-5-9-18(20)26(30)31/h4-15H,3H2,1-2H3. The highest BCUT2D eigenvalue weighted by atomic mass is 35.5. The molecule has 0 spiro atoms. The van der Waals surface area contributed by atoms with Gasteiger partial charge in [0.25, 0.3) is 5.56 Å². The lowest BCUT2D eigenvalue weighted by atomic mass is 10.2. The molecule has 0 aliphatic carbocycles. The summed E-state index contributed by atoms with van der Waals surface area (Å²) in [5.41, 5.74) is 1.56. The number of rotatable bonds is 6. The predicted octanol–water partition coefficient (Wildman–Crippen LogP) is 5.75. The summed E-state index contributed by atoms with van der Waals surface area (Å²) in [6, 6.07) is 20.0. The Bertz CT molecular complexity index is 1570. The van der Waals surface area contributed by atoms with E-state index in [2.05, 4.69) is 10.1 Å². The van der Waals surface area contributed by atoms with Crippen molar-refractivity contribution < 1.29 is 13.9 Å². The molecule has 2 heterocycles. The van der Waals surface area contributed by atoms with E-state index in [-0.39, 0.29) is 5.56 Å². The number of aromatic nitrogens is 2. The molecule has 5 aromatic rings. The zero-order valence-corrected chi connectivity index (χ0v) is 19.2. The van der Waals surface area contributed by atoms with Crippen LogP contribution in [0.2, 0.25) is 5.02 Å². The molecule has 0 amide bonds. The van der Waals surface area contributed by atoms with Gasteiger partial charge in [-0.1, -0.05) is 41.9 Å². The molecule has 34 heavy (non-hydrogen) atoms. The Morgan fingerprint density at radius 3 is 2.71 bits per heavy atom. The predicted molar refractivity (Wildman–Crippen MR) is 133 cm³/mol. The molecular weight excluding hydrogens is 454 g/mol. The van der Waals surface area contributed by atoms with E-state index in [0.717, 1.165) is 5.39 Å². The smallest absolute Gasteiger partial charge is 0.282 e. The van der Waals surface area contributed by atoms with Gasteiger partial charge in [-0.25, -0.2) is 4.98 Å². The fourth-order valence-electron chi connectivity index (χ4n) is 3.71. The van der Waals surface area contributed by atoms with Crippen LogP contribution in [0.5, 0.6) is 11.5 Å². The van der Waals surface area contributed by atoms with E-state index in [0.29, 0.717) is 56.8 Å². The van der Waals surface area contributed by atoms with Gasteiger partial charge in [0.1, 0.15) is 5.58 Å². The molecule has 0 fully saturated rings. The third-order valence-electron chi connectivity index (χ3n) is 5.26. The van der Waals surface area contributed by atoms with Gasteiger partial charge in [0, 0.05) is 5.39 Å². The molecule has 0 N–H and O–H groups in total. The number of fused-ring (bicyclic) bond motifs is 2. The average molecular weight is 474 g/mol. The second kappa shape index (κ2) is 9.03. The first-order valence-corrected chi connectivity index (χ1v) is 11.0. The molecule has 0 saturated heterocycles. The van der Waals surface area contributed by atoms with Gasteiger partial charge < -0.3 is 13.9 Å². The van der Waals surface area contributed by atoms with Crippen LogP contribution in [-0.2, 0) is 0 Å². The molecule has 2 aromatic heterocycles. The van der Waals surface area contributed by atoms with Crippen molar-refractivity contribution in [2.75, 3.05) is 13.7 Å². The van der Waals surface area contributed by atoms with Crippen molar-refractivity contribution in [2.24, 2.45) is 5.10 Å². The van der Waals surface area contributed by atoms with E-state index >= 15 is 0 Å². The normalized spacial score (nSPS) is 11.5. The molecular formula is C26H20ClN3O4. The van der Waals surface area contributed by atoms with Crippen LogP contribution >= 0.6 is 11.6 Å². The van der Waals surface area contributed by atoms with E-state index < -0.39 is 0 Å². The van der Waals surface area contributed by atoms with Gasteiger partial charge >= 0.3 is 0 Å². The lowest BCUT2D eigenvalue weighted by molar-refractivity contribution is 0.311. The van der Waals surface area contributed by atoms with Crippen LogP contribution in [0.3, 0.4) is 0 Å². The Balaban J connectivity index is 1.68. The fourth-order valence-corrected chi connectivity index (χ4v) is 3.98. The molecule has 170 valence electrons. The van der Waals surface area contributed by atoms with E-state index in [1.54, 1.807) is 30.3 Å². The van der Waals surface area contributed by atoms with Crippen LogP contribution in [-0.4, -0.2) is 29.6 Å². The summed E-state index contributed by atoms with van der Waals surface area (Å²) in [6.45, 7) is 2.31. The molecule has 3 aromatic carbocycles. The van der Waals surface area contributed by atoms with Crippen molar-refractivity contribution in [3.05, 3.63) is 87.7 Å². The number of hydrogen-bond acceptors (Lipinski definition) is 6. The number of halogens is 1. The van der Waals surface area contributed by atoms with E-state index in [1.807, 2.05) is 43.3 Å². The summed E-state index contributed by atoms with van der Waals surface area (Å²) < 4.78 is 18.2. The largest absolute Gasteiger partial charge is 0.493 e. The highest BCUT2D eigenvalue weighted by Gasteiger charge is 2.17. The third kappa shape index (κ3) is 3.91. The van der Waals surface area contributed by atoms with Crippen LogP contribution in [0.4, 0.5) is 0 Å². The van der Waals surface area contributed by atoms with Crippen molar-refractivity contribution >= 4 is 39.7 Å². The molecule has 0 saturated carbocycles. The molecule has 0 bridgehead atoms. The van der Waals surface area contributed by atoms with Gasteiger partial charge in [-0.2, -0.15) is 9.78 Å². The van der Waals surface area contributed by atoms with Gasteiger partial charge in [-0.3, -0.25) is 4.79 Å². The number of furan rings is 1. The van der Waals surface area contributed by atoms with Crippen LogP contribution in [0.15, 0.2) is 81.0 Å². The van der Waals surface area contributed by atoms with Crippen molar-refractivity contribution in [3.63, 3.8) is 0 Å². The van der Waals surface area contributed by atoms with Gasteiger partial charge in [-0.05, 0) is 48.9 Å². The van der Waals surface area contributed by atoms with Gasteiger partial charge in [0.15, 0.2) is 17.3 Å². The first kappa shape index (κ1) is 21.7. The number of methoxy groups -OCH3 is 1. The number of para-hydroxylation sites is 2. The van der Waals surface area contributed by atoms with E-state index in [1.165, 1.54) is 18.0 Å². The van der Waals surface area contributed by atoms with Crippen molar-refractivity contribution in [1.29, 1.82) is 0 Å². The summed E-state index contributed by atoms with van der Waals surface area (Å²) in [5, 5.41) is 6.19. The molecule has 5 rings (SSSR count). The first-order valence-electron chi connectivity index (χ1n) is 10.6. The fraction of sp³-hybridized carbons (Fsp3) is 0.115. The lowest BCUT2D eigenvalue weighted by Gasteiger charge is -2.12. The molecule has 0 aliphatic heterocycles. The minimum Gasteiger partial charge on any atom is -0.493 e. The van der Waals surface area contributed by atoms with E-state index in [4.69, 9.17) is 25.5 Å². The highest BCUT2D eigenvalue weighted by molar-refractivity contribution is 6.32. The van der Waals surface area contributed by atoms with Gasteiger partial charge in [-0.15, -0.1) is 0 Å². The molecule has 0 aliphatic rings. The number of ether oxygens (including phenoxy) is 2. The molecule has 7 nitrogen and oxygen atoms in total. The maximum atomic E-state index is 13.4. The molecule has 8 heteroatoms. The topological polar surface area (TPSA) is 78.9 Å². The second-order valence-electron chi connectivity index (χ2n) is 7.43. The molecule has 0 radical (unpaired) electrons. The van der Waals surface area contributed by atoms with Gasteiger partial charge in [0.2, 0.25) is 5.82 Å². The third-order valence-corrected chi connectivity index (χ3v) is 5.54. The maximum Gasteiger partial charge on any atom is 0.282 e. The summed E-state index contributed by atoms with van der Waals surface area (Å²) in [4.78, 5) is 18.1. The SMILES string of the molecule is CCOc1c(Cl)cc(C=Nn2c(-c3cc4ccccc4o3)nc3ccccc3c2=O)cc1OC. The number of nitrogens with zero attached hydrogens (tertiary/aromatic N) is 3. The summed E-state index contributed by atoms with van der Waals surface area (Å²) in [5.74, 6) is 1.65. The van der Waals surface area contributed by atoms with Crippen LogP contribution in [0, 0.1) is 0 Å². The molecule has 0 atom stereocenters. The van der Waals surface area contributed by atoms with Crippen LogP contribution in [0.25, 0.3) is 33.5 Å². The Hall–Kier alpha value is -4.10. The Kier molecular flexibility index (Phi) is 5.77. The lowest BCUT2D eigenvalue weighted by Crippen LogP contribution is -2.20. The zero-order chi connectivity index (χ0) is 23.7. The van der Waals surface area contributed by atoms with Crippen LogP contribution in [0.1, 0.15) is 12.5 Å². The average Bonchev–Trinajstić information content (AvgIpc) is 3.29. The quantitative estimate of drug-likeness (QED) is 0.293. The summed E-state index contributed by atoms with van der Waals surface area (Å²) in [7, 11) is 1.53. The Morgan fingerprint density at radius 1 is 1.12 bits per heavy atom. The summed E-state index contributed by atoms with van der Waals surface area (Å²) in [6.07, 6.45) is 1.52. The highest BCUT2D eigenvalue weighted by Crippen LogP contribution is 2.36. The minimum absolute atomic E-state index is 0.292. The van der Waals surface area contributed by atoms with Crippen molar-refractivity contribution in [3.8, 4) is 23.1 Å². The number of hydrogen-bond donors (Lipinski definition) is 0. The van der Waals surface area contributed by atoms with Gasteiger partial charge in [0.05, 0.1) is 35.9 Å². The number of benzene rings is 3. The summed E-state index contributed by atoms with van der Waals surface area (Å²) >= 11 is 6.39. The first-order chi connectivity index (χ1) is 16.6. The van der Waals surface area contributed by atoms with Crippen LogP contribution < -0.4 is 15.0 Å². The minimum atomic E-state index is -0.318. The van der Waals surface area contributed by atoms with Crippen molar-refractivity contribution in [1.82, 2.24) is 9.66 Å². The Morgan fingerprint density at radius 2 is 1.91 bits per heavy atom. The zero-order valence-electron chi connectivity index (χ0n) is 18.5.